The molecular formula is C16H21NO4S. The summed E-state index contributed by atoms with van der Waals surface area (Å²) in [5, 5.41) is 12.8. The van der Waals surface area contributed by atoms with Gasteiger partial charge >= 0.3 is 5.97 Å². The fourth-order valence-corrected chi connectivity index (χ4v) is 4.85. The molecule has 6 heteroatoms. The predicted molar refractivity (Wildman–Crippen MR) is 84.2 cm³/mol. The van der Waals surface area contributed by atoms with Gasteiger partial charge < -0.3 is 15.2 Å². The van der Waals surface area contributed by atoms with Gasteiger partial charge in [-0.25, -0.2) is 4.79 Å². The molecule has 1 aromatic rings. The van der Waals surface area contributed by atoms with E-state index in [-0.39, 0.29) is 34.3 Å². The second kappa shape index (κ2) is 4.55. The lowest BCUT2D eigenvalue weighted by molar-refractivity contribution is -0.118. The van der Waals surface area contributed by atoms with Crippen molar-refractivity contribution in [1.29, 1.82) is 0 Å². The number of hydrogen-bond donors (Lipinski definition) is 2. The minimum atomic E-state index is -1.01. The molecule has 22 heavy (non-hydrogen) atoms. The van der Waals surface area contributed by atoms with E-state index in [1.807, 2.05) is 6.92 Å². The molecule has 1 unspecified atom stereocenters. The molecule has 1 aromatic heterocycles. The molecule has 0 radical (unpaired) electrons. The number of anilines is 1. The van der Waals surface area contributed by atoms with E-state index >= 15 is 0 Å². The average Bonchev–Trinajstić information content (AvgIpc) is 2.73. The quantitative estimate of drug-likeness (QED) is 0.890. The predicted octanol–water partition coefficient (Wildman–Crippen LogP) is 3.66. The number of hydrogen-bond acceptors (Lipinski definition) is 4. The number of carboxylic acids is 1. The van der Waals surface area contributed by atoms with E-state index in [4.69, 9.17) is 4.74 Å². The van der Waals surface area contributed by atoms with Crippen LogP contribution < -0.4 is 5.32 Å². The summed E-state index contributed by atoms with van der Waals surface area (Å²) in [7, 11) is 0. The molecule has 120 valence electrons. The first-order chi connectivity index (χ1) is 10.1. The molecule has 0 aromatic carbocycles. The van der Waals surface area contributed by atoms with Gasteiger partial charge in [-0.3, -0.25) is 4.79 Å². The van der Waals surface area contributed by atoms with Crippen molar-refractivity contribution >= 4 is 28.2 Å². The van der Waals surface area contributed by atoms with E-state index in [2.05, 4.69) is 33.0 Å². The molecule has 1 amide bonds. The minimum Gasteiger partial charge on any atom is -0.478 e. The minimum absolute atomic E-state index is 0.0726. The zero-order chi connectivity index (χ0) is 16.4. The first-order valence-corrected chi connectivity index (χ1v) is 8.22. The summed E-state index contributed by atoms with van der Waals surface area (Å²) in [6, 6.07) is 0. The number of rotatable bonds is 3. The lowest BCUT2D eigenvalue weighted by Crippen LogP contribution is -2.19. The molecule has 1 saturated carbocycles. The van der Waals surface area contributed by atoms with Gasteiger partial charge in [-0.1, -0.05) is 27.7 Å². The van der Waals surface area contributed by atoms with E-state index in [0.717, 1.165) is 4.88 Å². The first-order valence-electron chi connectivity index (χ1n) is 7.40. The molecule has 5 nitrogen and oxygen atoms in total. The number of aromatic carboxylic acids is 1. The van der Waals surface area contributed by atoms with Crippen LogP contribution in [0.5, 0.6) is 0 Å². The molecule has 1 atom stereocenters. The van der Waals surface area contributed by atoms with E-state index < -0.39 is 5.97 Å². The van der Waals surface area contributed by atoms with E-state index in [1.165, 1.54) is 11.3 Å². The summed E-state index contributed by atoms with van der Waals surface area (Å²) in [6.07, 6.45) is -0.239. The van der Waals surface area contributed by atoms with Crippen molar-refractivity contribution in [3.05, 3.63) is 16.0 Å². The lowest BCUT2D eigenvalue weighted by atomic mass is 10.0. The highest BCUT2D eigenvalue weighted by Crippen LogP contribution is 2.68. The van der Waals surface area contributed by atoms with Crippen molar-refractivity contribution in [2.45, 2.75) is 47.3 Å². The summed E-state index contributed by atoms with van der Waals surface area (Å²) in [6.45, 7) is 10.5. The number of carboxylic acid groups (broad SMARTS) is 1. The van der Waals surface area contributed by atoms with Gasteiger partial charge in [0.05, 0.1) is 12.7 Å². The second-order valence-corrected chi connectivity index (χ2v) is 8.37. The maximum Gasteiger partial charge on any atom is 0.339 e. The molecule has 2 aliphatic rings. The summed E-state index contributed by atoms with van der Waals surface area (Å²) < 4.78 is 5.47. The molecular weight excluding hydrogens is 302 g/mol. The van der Waals surface area contributed by atoms with Crippen LogP contribution in [0.2, 0.25) is 0 Å². The van der Waals surface area contributed by atoms with Gasteiger partial charge in [-0.2, -0.15) is 0 Å². The van der Waals surface area contributed by atoms with Crippen LogP contribution in [-0.2, 0) is 16.1 Å². The van der Waals surface area contributed by atoms with Crippen LogP contribution in [0, 0.1) is 16.7 Å². The monoisotopic (exact) mass is 323 g/mol. The first kappa shape index (κ1) is 15.5. The Morgan fingerprint density at radius 1 is 1.27 bits per heavy atom. The standard InChI is InChI=1S/C16H21NO4S/c1-7-9-8(6-21-7)22-13(10(9)14(19)20)17-12(18)11-15(2,3)16(11,4)5/h7,11H,6H2,1-5H3,(H,17,18)(H,19,20). The normalized spacial score (nSPS) is 24.9. The van der Waals surface area contributed by atoms with Crippen molar-refractivity contribution in [2.24, 2.45) is 16.7 Å². The van der Waals surface area contributed by atoms with Crippen molar-refractivity contribution in [2.75, 3.05) is 5.32 Å². The summed E-state index contributed by atoms with van der Waals surface area (Å²) in [5.41, 5.74) is 0.755. The van der Waals surface area contributed by atoms with E-state index in [0.29, 0.717) is 17.2 Å². The highest BCUT2D eigenvalue weighted by molar-refractivity contribution is 7.17. The zero-order valence-corrected chi connectivity index (χ0v) is 14.3. The van der Waals surface area contributed by atoms with Crippen molar-refractivity contribution in [3.8, 4) is 0 Å². The molecule has 1 fully saturated rings. The van der Waals surface area contributed by atoms with Crippen LogP contribution in [0.25, 0.3) is 0 Å². The van der Waals surface area contributed by atoms with Gasteiger partial charge in [0.15, 0.2) is 0 Å². The van der Waals surface area contributed by atoms with Crippen LogP contribution in [-0.4, -0.2) is 17.0 Å². The smallest absolute Gasteiger partial charge is 0.339 e. The van der Waals surface area contributed by atoms with E-state index in [9.17, 15) is 14.7 Å². The van der Waals surface area contributed by atoms with Gasteiger partial charge in [-0.05, 0) is 17.8 Å². The Balaban J connectivity index is 1.90. The number of ether oxygens (including phenoxy) is 1. The Morgan fingerprint density at radius 3 is 2.36 bits per heavy atom. The molecule has 3 rings (SSSR count). The number of fused-ring (bicyclic) bond motifs is 1. The summed E-state index contributed by atoms with van der Waals surface area (Å²) >= 11 is 1.32. The Kier molecular flexibility index (Phi) is 3.21. The number of amides is 1. The highest BCUT2D eigenvalue weighted by Gasteiger charge is 2.68. The Hall–Kier alpha value is -1.40. The largest absolute Gasteiger partial charge is 0.478 e. The van der Waals surface area contributed by atoms with Crippen LogP contribution in [0.3, 0.4) is 0 Å². The van der Waals surface area contributed by atoms with Crippen molar-refractivity contribution in [3.63, 3.8) is 0 Å². The van der Waals surface area contributed by atoms with E-state index in [1.54, 1.807) is 0 Å². The Morgan fingerprint density at radius 2 is 1.86 bits per heavy atom. The average molecular weight is 323 g/mol. The lowest BCUT2D eigenvalue weighted by Gasteiger charge is -2.09. The van der Waals surface area contributed by atoms with Crippen LogP contribution in [0.15, 0.2) is 0 Å². The SMILES string of the molecule is CC1OCc2sc(NC(=O)C3C(C)(C)C3(C)C)c(C(=O)O)c21. The van der Waals surface area contributed by atoms with Gasteiger partial charge in [0, 0.05) is 16.4 Å². The third-order valence-corrected chi connectivity index (χ3v) is 6.72. The topological polar surface area (TPSA) is 75.6 Å². The molecule has 0 bridgehead atoms. The van der Waals surface area contributed by atoms with Gasteiger partial charge in [0.2, 0.25) is 5.91 Å². The summed E-state index contributed by atoms with van der Waals surface area (Å²) in [5.74, 6) is -1.21. The molecule has 2 N–H and O–H groups in total. The number of thiophene rings is 1. The highest BCUT2D eigenvalue weighted by atomic mass is 32.1. The number of carbonyl (C=O) groups is 2. The maximum absolute atomic E-state index is 12.6. The molecule has 1 aliphatic carbocycles. The molecule has 0 spiro atoms. The molecule has 1 aliphatic heterocycles. The van der Waals surface area contributed by atoms with Crippen LogP contribution >= 0.6 is 11.3 Å². The Labute approximate surface area is 133 Å². The molecule has 2 heterocycles. The number of nitrogens with one attached hydrogen (secondary N) is 1. The third kappa shape index (κ3) is 1.93. The fourth-order valence-electron chi connectivity index (χ4n) is 3.65. The van der Waals surface area contributed by atoms with Gasteiger partial charge in [0.25, 0.3) is 0 Å². The van der Waals surface area contributed by atoms with Gasteiger partial charge in [0.1, 0.15) is 10.6 Å². The van der Waals surface area contributed by atoms with Crippen LogP contribution in [0.1, 0.15) is 61.5 Å². The summed E-state index contributed by atoms with van der Waals surface area (Å²) in [4.78, 5) is 25.1. The zero-order valence-electron chi connectivity index (χ0n) is 13.4. The van der Waals surface area contributed by atoms with Gasteiger partial charge in [-0.15, -0.1) is 11.3 Å². The Bertz CT molecular complexity index is 660. The number of carbonyl (C=O) groups excluding carboxylic acids is 1. The van der Waals surface area contributed by atoms with Crippen LogP contribution in [0.4, 0.5) is 5.00 Å². The van der Waals surface area contributed by atoms with Crippen molar-refractivity contribution < 1.29 is 19.4 Å². The van der Waals surface area contributed by atoms with Crippen molar-refractivity contribution in [1.82, 2.24) is 0 Å². The second-order valence-electron chi connectivity index (χ2n) is 7.27. The fraction of sp³-hybridized carbons (Fsp3) is 0.625. The third-order valence-electron chi connectivity index (χ3n) is 5.63. The maximum atomic E-state index is 12.6. The molecule has 0 saturated heterocycles.